The molecule has 1 nitrogen and oxygen atoms in total. The lowest BCUT2D eigenvalue weighted by Crippen LogP contribution is -2.12. The minimum absolute atomic E-state index is 0.979. The zero-order chi connectivity index (χ0) is 39.0. The molecule has 0 saturated carbocycles. The van der Waals surface area contributed by atoms with Crippen molar-refractivity contribution in [2.45, 2.75) is 52.4 Å². The second kappa shape index (κ2) is 17.6. The lowest BCUT2D eigenvalue weighted by Gasteiger charge is -2.29. The van der Waals surface area contributed by atoms with E-state index in [-0.39, 0.29) is 0 Å². The van der Waals surface area contributed by atoms with Gasteiger partial charge in [-0.25, -0.2) is 0 Å². The van der Waals surface area contributed by atoms with Crippen molar-refractivity contribution in [2.24, 2.45) is 0 Å². The van der Waals surface area contributed by atoms with Gasteiger partial charge in [-0.2, -0.15) is 0 Å². The van der Waals surface area contributed by atoms with Crippen LogP contribution in [0, 0.1) is 0 Å². The number of benzene rings is 5. The van der Waals surface area contributed by atoms with Crippen LogP contribution in [-0.4, -0.2) is 0 Å². The zero-order valence-corrected chi connectivity index (χ0v) is 33.3. The second-order valence-corrected chi connectivity index (χ2v) is 14.9. The van der Waals surface area contributed by atoms with E-state index in [0.717, 1.165) is 61.2 Å². The van der Waals surface area contributed by atoms with Crippen molar-refractivity contribution in [3.63, 3.8) is 0 Å². The summed E-state index contributed by atoms with van der Waals surface area (Å²) >= 11 is 0. The topological polar surface area (TPSA) is 3.24 Å². The molecule has 0 atom stereocenters. The summed E-state index contributed by atoms with van der Waals surface area (Å²) in [6.07, 6.45) is 39.9. The minimum Gasteiger partial charge on any atom is -0.310 e. The molecule has 5 aromatic carbocycles. The van der Waals surface area contributed by atoms with E-state index in [0.29, 0.717) is 0 Å². The lowest BCUT2D eigenvalue weighted by atomic mass is 9.84. The van der Waals surface area contributed by atoms with Crippen LogP contribution in [0.25, 0.3) is 38.3 Å². The van der Waals surface area contributed by atoms with Gasteiger partial charge in [-0.1, -0.05) is 164 Å². The Labute approximate surface area is 339 Å². The smallest absolute Gasteiger partial charge is 0.0546 e. The standard InChI is InChI=1S/C56H51N/c1-4-17-42(6-3)44-33-35-49(36-34-44)57(56-39-48-23-13-14-24-51(48)53-25-15-16-26-54(53)56)50-37-38-52(46(18-5-2)28-27-41-19-9-7-10-20-41)55(40-50)47-31-29-45(30-32-47)43-21-11-8-12-22-43/h4-6,8-9,11,13-21,23-29,31,33-40H,2,7,10,12,22,30,32H2,1,3H3/b17-4-,28-27+,42-6+,46-18+. The van der Waals surface area contributed by atoms with E-state index in [4.69, 9.17) is 0 Å². The molecule has 0 saturated heterocycles. The summed E-state index contributed by atoms with van der Waals surface area (Å²) in [5.41, 5.74) is 15.0. The molecule has 0 aromatic heterocycles. The van der Waals surface area contributed by atoms with Crippen molar-refractivity contribution in [3.05, 3.63) is 228 Å². The van der Waals surface area contributed by atoms with Crippen molar-refractivity contribution < 1.29 is 0 Å². The predicted octanol–water partition coefficient (Wildman–Crippen LogP) is 16.2. The van der Waals surface area contributed by atoms with Gasteiger partial charge in [0.25, 0.3) is 0 Å². The third-order valence-electron chi connectivity index (χ3n) is 11.4. The Bertz CT molecular complexity index is 2640. The first-order valence-electron chi connectivity index (χ1n) is 20.5. The number of rotatable bonds is 11. The minimum atomic E-state index is 0.979. The molecule has 280 valence electrons. The molecule has 0 aliphatic heterocycles. The summed E-state index contributed by atoms with van der Waals surface area (Å²) in [4.78, 5) is 2.46. The largest absolute Gasteiger partial charge is 0.310 e. The molecule has 5 aromatic rings. The zero-order valence-electron chi connectivity index (χ0n) is 33.3. The third-order valence-corrected chi connectivity index (χ3v) is 11.4. The Morgan fingerprint density at radius 3 is 2.12 bits per heavy atom. The van der Waals surface area contributed by atoms with E-state index < -0.39 is 0 Å². The van der Waals surface area contributed by atoms with Crippen LogP contribution >= 0.6 is 0 Å². The van der Waals surface area contributed by atoms with E-state index in [1.807, 2.05) is 6.08 Å². The maximum absolute atomic E-state index is 4.15. The van der Waals surface area contributed by atoms with Crippen LogP contribution in [0.5, 0.6) is 0 Å². The monoisotopic (exact) mass is 737 g/mol. The molecule has 0 unspecified atom stereocenters. The molecule has 0 bridgehead atoms. The van der Waals surface area contributed by atoms with Gasteiger partial charge in [-0.15, -0.1) is 0 Å². The highest BCUT2D eigenvalue weighted by molar-refractivity contribution is 6.14. The first-order valence-corrected chi connectivity index (χ1v) is 20.5. The predicted molar refractivity (Wildman–Crippen MR) is 250 cm³/mol. The Balaban J connectivity index is 1.34. The highest BCUT2D eigenvalue weighted by Gasteiger charge is 2.22. The fraction of sp³-hybridized carbons (Fsp3) is 0.143. The fourth-order valence-electron chi connectivity index (χ4n) is 8.48. The SMILES string of the molecule is C=C/C=C(\C=C\C1=CCCC=C1)c1ccc(N(c2ccc(C(/C=C\C)=C/C)cc2)c2cc3ccccc3c3ccccc23)cc1C1=CC=C(C2=CC=CCC2)CC1. The number of nitrogens with zero attached hydrogens (tertiary/aromatic N) is 1. The average Bonchev–Trinajstić information content (AvgIpc) is 3.28. The molecule has 8 rings (SSSR count). The number of anilines is 3. The van der Waals surface area contributed by atoms with Gasteiger partial charge in [-0.05, 0) is 149 Å². The van der Waals surface area contributed by atoms with E-state index >= 15 is 0 Å². The molecule has 0 radical (unpaired) electrons. The van der Waals surface area contributed by atoms with Crippen molar-refractivity contribution in [1.82, 2.24) is 0 Å². The number of hydrogen-bond acceptors (Lipinski definition) is 1. The van der Waals surface area contributed by atoms with E-state index in [9.17, 15) is 0 Å². The number of fused-ring (bicyclic) bond motifs is 3. The molecule has 0 heterocycles. The molecule has 0 N–H and O–H groups in total. The van der Waals surface area contributed by atoms with Crippen molar-refractivity contribution in [3.8, 4) is 0 Å². The van der Waals surface area contributed by atoms with Gasteiger partial charge < -0.3 is 4.90 Å². The Kier molecular flexibility index (Phi) is 11.6. The third kappa shape index (κ3) is 8.11. The summed E-state index contributed by atoms with van der Waals surface area (Å²) in [6, 6.07) is 36.1. The van der Waals surface area contributed by atoms with Crippen molar-refractivity contribution in [2.75, 3.05) is 4.90 Å². The lowest BCUT2D eigenvalue weighted by molar-refractivity contribution is 0.905. The van der Waals surface area contributed by atoms with Gasteiger partial charge >= 0.3 is 0 Å². The van der Waals surface area contributed by atoms with Gasteiger partial charge in [-0.3, -0.25) is 0 Å². The molecular weight excluding hydrogens is 687 g/mol. The van der Waals surface area contributed by atoms with E-state index in [1.165, 1.54) is 66.1 Å². The van der Waals surface area contributed by atoms with Crippen molar-refractivity contribution in [1.29, 1.82) is 0 Å². The first-order chi connectivity index (χ1) is 28.1. The van der Waals surface area contributed by atoms with Gasteiger partial charge in [0.2, 0.25) is 0 Å². The number of hydrogen-bond donors (Lipinski definition) is 0. The summed E-state index contributed by atoms with van der Waals surface area (Å²) in [5, 5.41) is 4.96. The quantitative estimate of drug-likeness (QED) is 0.0964. The molecule has 1 heteroatoms. The van der Waals surface area contributed by atoms with Gasteiger partial charge in [0.15, 0.2) is 0 Å². The molecule has 3 aliphatic carbocycles. The molecular formula is C56H51N. The Hall–Kier alpha value is -6.44. The average molecular weight is 738 g/mol. The van der Waals surface area contributed by atoms with Crippen LogP contribution in [0.2, 0.25) is 0 Å². The van der Waals surface area contributed by atoms with E-state index in [1.54, 1.807) is 0 Å². The van der Waals surface area contributed by atoms with Crippen LogP contribution in [0.3, 0.4) is 0 Å². The van der Waals surface area contributed by atoms with Crippen molar-refractivity contribution >= 4 is 55.3 Å². The number of allylic oxidation sites excluding steroid dienone is 21. The molecule has 57 heavy (non-hydrogen) atoms. The van der Waals surface area contributed by atoms with Gasteiger partial charge in [0.05, 0.1) is 5.69 Å². The van der Waals surface area contributed by atoms with Crippen LogP contribution in [0.4, 0.5) is 17.1 Å². The maximum atomic E-state index is 4.15. The normalized spacial score (nSPS) is 16.2. The second-order valence-electron chi connectivity index (χ2n) is 14.9. The summed E-state index contributed by atoms with van der Waals surface area (Å²) < 4.78 is 0. The molecule has 0 spiro atoms. The maximum Gasteiger partial charge on any atom is 0.0546 e. The van der Waals surface area contributed by atoms with E-state index in [2.05, 4.69) is 207 Å². The Morgan fingerprint density at radius 2 is 1.40 bits per heavy atom. The highest BCUT2D eigenvalue weighted by atomic mass is 15.1. The van der Waals surface area contributed by atoms with Crippen LogP contribution in [0.15, 0.2) is 212 Å². The molecule has 0 fully saturated rings. The summed E-state index contributed by atoms with van der Waals surface area (Å²) in [7, 11) is 0. The summed E-state index contributed by atoms with van der Waals surface area (Å²) in [6.45, 7) is 8.33. The molecule has 0 amide bonds. The van der Waals surface area contributed by atoms with Crippen LogP contribution in [-0.2, 0) is 0 Å². The first kappa shape index (κ1) is 37.5. The summed E-state index contributed by atoms with van der Waals surface area (Å²) in [5.74, 6) is 0. The van der Waals surface area contributed by atoms with Gasteiger partial charge in [0.1, 0.15) is 0 Å². The molecule has 3 aliphatic rings. The van der Waals surface area contributed by atoms with Gasteiger partial charge in [0, 0.05) is 16.8 Å². The van der Waals surface area contributed by atoms with Crippen LogP contribution in [0.1, 0.15) is 69.1 Å². The highest BCUT2D eigenvalue weighted by Crippen LogP contribution is 2.45. The van der Waals surface area contributed by atoms with Crippen LogP contribution < -0.4 is 4.90 Å². The Morgan fingerprint density at radius 1 is 0.649 bits per heavy atom. The fourth-order valence-corrected chi connectivity index (χ4v) is 8.48.